The van der Waals surface area contributed by atoms with Crippen LogP contribution >= 0.6 is 23.4 Å². The number of carbonyl (C=O) groups is 1. The minimum Gasteiger partial charge on any atom is -0.382 e. The fraction of sp³-hybridized carbons (Fsp3) is 0.318. The summed E-state index contributed by atoms with van der Waals surface area (Å²) in [6.45, 7) is 3.59. The van der Waals surface area contributed by atoms with Crippen LogP contribution in [0.4, 0.5) is 5.69 Å². The van der Waals surface area contributed by atoms with Crippen LogP contribution in [0.15, 0.2) is 58.5 Å². The zero-order valence-corrected chi connectivity index (χ0v) is 18.6. The normalized spacial score (nSPS) is 11.0. The summed E-state index contributed by atoms with van der Waals surface area (Å²) in [5, 5.41) is 1.52. The molecular formula is C22H24ClN3O3S. The molecule has 0 saturated carbocycles. The molecule has 0 N–H and O–H groups in total. The van der Waals surface area contributed by atoms with Crippen LogP contribution in [0.1, 0.15) is 13.3 Å². The Morgan fingerprint density at radius 1 is 1.23 bits per heavy atom. The number of thioether (sulfide) groups is 1. The largest absolute Gasteiger partial charge is 0.382 e. The lowest BCUT2D eigenvalue weighted by atomic mass is 10.2. The van der Waals surface area contributed by atoms with E-state index in [0.29, 0.717) is 47.3 Å². The number of para-hydroxylation sites is 1. The predicted molar refractivity (Wildman–Crippen MR) is 123 cm³/mol. The topological polar surface area (TPSA) is 64.4 Å². The Labute approximate surface area is 184 Å². The van der Waals surface area contributed by atoms with Crippen molar-refractivity contribution >= 4 is 45.9 Å². The van der Waals surface area contributed by atoms with E-state index >= 15 is 0 Å². The van der Waals surface area contributed by atoms with E-state index in [9.17, 15) is 9.59 Å². The summed E-state index contributed by atoms with van der Waals surface area (Å²) < 4.78 is 7.02. The first-order valence-electron chi connectivity index (χ1n) is 9.73. The summed E-state index contributed by atoms with van der Waals surface area (Å²) in [7, 11) is 1.74. The quantitative estimate of drug-likeness (QED) is 0.280. The van der Waals surface area contributed by atoms with Gasteiger partial charge in [-0.25, -0.2) is 4.98 Å². The minimum atomic E-state index is -0.139. The molecule has 1 aromatic heterocycles. The number of amides is 1. The van der Waals surface area contributed by atoms with E-state index in [4.69, 9.17) is 16.3 Å². The van der Waals surface area contributed by atoms with Crippen LogP contribution in [0.25, 0.3) is 10.9 Å². The summed E-state index contributed by atoms with van der Waals surface area (Å²) in [6, 6.07) is 14.5. The maximum absolute atomic E-state index is 13.1. The highest BCUT2D eigenvalue weighted by Gasteiger charge is 2.16. The molecule has 0 spiro atoms. The summed E-state index contributed by atoms with van der Waals surface area (Å²) in [4.78, 5) is 32.0. The fourth-order valence-electron chi connectivity index (χ4n) is 2.97. The second-order valence-electron chi connectivity index (χ2n) is 6.64. The van der Waals surface area contributed by atoms with Crippen LogP contribution in [0.3, 0.4) is 0 Å². The van der Waals surface area contributed by atoms with Gasteiger partial charge in [-0.2, -0.15) is 0 Å². The molecule has 3 rings (SSSR count). The van der Waals surface area contributed by atoms with E-state index in [1.165, 1.54) is 11.8 Å². The van der Waals surface area contributed by atoms with Crippen molar-refractivity contribution in [2.24, 2.45) is 0 Å². The molecule has 1 amide bonds. The number of halogens is 1. The Morgan fingerprint density at radius 2 is 2.00 bits per heavy atom. The summed E-state index contributed by atoms with van der Waals surface area (Å²) >= 11 is 7.34. The van der Waals surface area contributed by atoms with Gasteiger partial charge in [0, 0.05) is 37.5 Å². The van der Waals surface area contributed by atoms with E-state index < -0.39 is 0 Å². The maximum Gasteiger partial charge on any atom is 0.262 e. The van der Waals surface area contributed by atoms with Crippen molar-refractivity contribution in [1.29, 1.82) is 0 Å². The molecule has 3 aromatic rings. The molecule has 2 aromatic carbocycles. The monoisotopic (exact) mass is 445 g/mol. The van der Waals surface area contributed by atoms with Gasteiger partial charge in [0.05, 0.1) is 16.7 Å². The minimum absolute atomic E-state index is 0.0764. The Kier molecular flexibility index (Phi) is 7.90. The van der Waals surface area contributed by atoms with E-state index in [1.807, 2.05) is 37.3 Å². The standard InChI is InChI=1S/C22H24ClN3O3S/c1-3-29-13-7-12-26-21(28)18-11-10-16(23)14-19(18)24-22(26)30-15-20(27)25(2)17-8-5-4-6-9-17/h4-6,8-11,14H,3,7,12-13,15H2,1-2H3. The lowest BCUT2D eigenvalue weighted by molar-refractivity contribution is -0.115. The van der Waals surface area contributed by atoms with E-state index in [-0.39, 0.29) is 17.2 Å². The van der Waals surface area contributed by atoms with Crippen molar-refractivity contribution in [3.8, 4) is 0 Å². The Morgan fingerprint density at radius 3 is 2.73 bits per heavy atom. The molecule has 6 nitrogen and oxygen atoms in total. The van der Waals surface area contributed by atoms with Crippen LogP contribution in [0.2, 0.25) is 5.02 Å². The van der Waals surface area contributed by atoms with Crippen molar-refractivity contribution in [2.45, 2.75) is 25.0 Å². The molecule has 0 unspecified atom stereocenters. The highest BCUT2D eigenvalue weighted by molar-refractivity contribution is 7.99. The third-order valence-corrected chi connectivity index (χ3v) is 5.80. The number of anilines is 1. The highest BCUT2D eigenvalue weighted by Crippen LogP contribution is 2.22. The van der Waals surface area contributed by atoms with E-state index in [2.05, 4.69) is 4.98 Å². The van der Waals surface area contributed by atoms with Crippen molar-refractivity contribution in [2.75, 3.05) is 30.9 Å². The number of fused-ring (bicyclic) bond motifs is 1. The molecule has 0 radical (unpaired) electrons. The van der Waals surface area contributed by atoms with Gasteiger partial charge in [-0.1, -0.05) is 41.6 Å². The van der Waals surface area contributed by atoms with Gasteiger partial charge >= 0.3 is 0 Å². The molecule has 30 heavy (non-hydrogen) atoms. The Balaban J connectivity index is 1.84. The van der Waals surface area contributed by atoms with Crippen LogP contribution in [-0.2, 0) is 16.1 Å². The number of hydrogen-bond acceptors (Lipinski definition) is 5. The molecule has 0 atom stereocenters. The van der Waals surface area contributed by atoms with Gasteiger partial charge < -0.3 is 9.64 Å². The second-order valence-corrected chi connectivity index (χ2v) is 8.02. The first-order chi connectivity index (χ1) is 14.5. The molecule has 0 saturated heterocycles. The average Bonchev–Trinajstić information content (AvgIpc) is 2.76. The molecular weight excluding hydrogens is 422 g/mol. The van der Waals surface area contributed by atoms with Gasteiger partial charge in [-0.15, -0.1) is 0 Å². The number of carbonyl (C=O) groups excluding carboxylic acids is 1. The first kappa shape index (κ1) is 22.3. The van der Waals surface area contributed by atoms with Crippen molar-refractivity contribution < 1.29 is 9.53 Å². The Hall–Kier alpha value is -2.35. The lowest BCUT2D eigenvalue weighted by Crippen LogP contribution is -2.29. The first-order valence-corrected chi connectivity index (χ1v) is 11.1. The van der Waals surface area contributed by atoms with Gasteiger partial charge in [-0.3, -0.25) is 14.2 Å². The van der Waals surface area contributed by atoms with Crippen molar-refractivity contribution in [3.05, 3.63) is 63.9 Å². The lowest BCUT2D eigenvalue weighted by Gasteiger charge is -2.18. The van der Waals surface area contributed by atoms with Gasteiger partial charge in [0.1, 0.15) is 0 Å². The summed E-state index contributed by atoms with van der Waals surface area (Å²) in [6.07, 6.45) is 0.681. The van der Waals surface area contributed by atoms with Crippen molar-refractivity contribution in [1.82, 2.24) is 9.55 Å². The predicted octanol–water partition coefficient (Wildman–Crippen LogP) is 4.23. The number of nitrogens with zero attached hydrogens (tertiary/aromatic N) is 3. The van der Waals surface area contributed by atoms with Gasteiger partial charge in [0.25, 0.3) is 5.56 Å². The number of rotatable bonds is 9. The third kappa shape index (κ3) is 5.41. The highest BCUT2D eigenvalue weighted by atomic mass is 35.5. The molecule has 0 aliphatic heterocycles. The average molecular weight is 446 g/mol. The van der Waals surface area contributed by atoms with Gasteiger partial charge in [0.15, 0.2) is 5.16 Å². The number of hydrogen-bond donors (Lipinski definition) is 0. The van der Waals surface area contributed by atoms with Gasteiger partial charge in [-0.05, 0) is 43.7 Å². The second kappa shape index (κ2) is 10.6. The maximum atomic E-state index is 13.1. The smallest absolute Gasteiger partial charge is 0.262 e. The number of aromatic nitrogens is 2. The molecule has 0 fully saturated rings. The van der Waals surface area contributed by atoms with Crippen LogP contribution in [0, 0.1) is 0 Å². The van der Waals surface area contributed by atoms with E-state index in [0.717, 1.165) is 5.69 Å². The summed E-state index contributed by atoms with van der Waals surface area (Å²) in [5.41, 5.74) is 1.20. The van der Waals surface area contributed by atoms with Crippen LogP contribution in [0.5, 0.6) is 0 Å². The Bertz CT molecular complexity index is 1070. The van der Waals surface area contributed by atoms with Crippen molar-refractivity contribution in [3.63, 3.8) is 0 Å². The van der Waals surface area contributed by atoms with Crippen LogP contribution in [-0.4, -0.2) is 41.5 Å². The molecule has 0 bridgehead atoms. The van der Waals surface area contributed by atoms with Gasteiger partial charge in [0.2, 0.25) is 5.91 Å². The van der Waals surface area contributed by atoms with E-state index in [1.54, 1.807) is 34.7 Å². The molecule has 0 aliphatic carbocycles. The molecule has 158 valence electrons. The number of ether oxygens (including phenoxy) is 1. The SMILES string of the molecule is CCOCCCn1c(SCC(=O)N(C)c2ccccc2)nc2cc(Cl)ccc2c1=O. The molecule has 8 heteroatoms. The third-order valence-electron chi connectivity index (χ3n) is 4.60. The number of benzene rings is 2. The molecule has 1 heterocycles. The molecule has 0 aliphatic rings. The zero-order valence-electron chi connectivity index (χ0n) is 17.0. The fourth-order valence-corrected chi connectivity index (χ4v) is 4.07. The summed E-state index contributed by atoms with van der Waals surface area (Å²) in [5.74, 6) is 0.0857. The van der Waals surface area contributed by atoms with Crippen LogP contribution < -0.4 is 10.5 Å². The zero-order chi connectivity index (χ0) is 21.5.